The van der Waals surface area contributed by atoms with Crippen molar-refractivity contribution < 1.29 is 23.5 Å². The average Bonchev–Trinajstić information content (AvgIpc) is 2.42. The maximum Gasteiger partial charge on any atom is 0.338 e. The van der Waals surface area contributed by atoms with Crippen LogP contribution in [0.4, 0.5) is 19.3 Å². The lowest BCUT2D eigenvalue weighted by Gasteiger charge is -2.30. The molecule has 2 N–H and O–H groups in total. The Balaban J connectivity index is 2.13. The molecule has 7 heteroatoms. The van der Waals surface area contributed by atoms with Crippen LogP contribution >= 0.6 is 0 Å². The van der Waals surface area contributed by atoms with Gasteiger partial charge in [0.1, 0.15) is 11.6 Å². The predicted octanol–water partition coefficient (Wildman–Crippen LogP) is 2.93. The molecular weight excluding hydrogens is 282 g/mol. The third-order valence-corrected chi connectivity index (χ3v) is 3.60. The highest BCUT2D eigenvalue weighted by Crippen LogP contribution is 2.21. The zero-order valence-electron chi connectivity index (χ0n) is 11.5. The highest BCUT2D eigenvalue weighted by atomic mass is 19.1. The van der Waals surface area contributed by atoms with Gasteiger partial charge in [0.2, 0.25) is 0 Å². The predicted molar refractivity (Wildman–Crippen MR) is 72.3 cm³/mol. The number of carbonyl (C=O) groups excluding carboxylic acids is 1. The Kier molecular flexibility index (Phi) is 4.40. The molecule has 2 amide bonds. The number of piperidine rings is 1. The van der Waals surface area contributed by atoms with Crippen LogP contribution in [0.25, 0.3) is 0 Å². The second kappa shape index (κ2) is 6.07. The van der Waals surface area contributed by atoms with Gasteiger partial charge in [-0.3, -0.25) is 0 Å². The van der Waals surface area contributed by atoms with Gasteiger partial charge in [-0.25, -0.2) is 18.4 Å². The summed E-state index contributed by atoms with van der Waals surface area (Å²) in [6.07, 6.45) is 1.72. The number of benzene rings is 1. The molecule has 1 fully saturated rings. The summed E-state index contributed by atoms with van der Waals surface area (Å²) >= 11 is 0. The van der Waals surface area contributed by atoms with E-state index in [1.807, 2.05) is 0 Å². The second-order valence-electron chi connectivity index (χ2n) is 5.22. The van der Waals surface area contributed by atoms with Crippen LogP contribution in [0.2, 0.25) is 0 Å². The first-order chi connectivity index (χ1) is 9.88. The lowest BCUT2D eigenvalue weighted by Crippen LogP contribution is -2.40. The molecule has 114 valence electrons. The number of nitrogens with zero attached hydrogens (tertiary/aromatic N) is 1. The van der Waals surface area contributed by atoms with Crippen molar-refractivity contribution in [3.05, 3.63) is 29.3 Å². The summed E-state index contributed by atoms with van der Waals surface area (Å²) in [5.41, 5.74) is -1.02. The lowest BCUT2D eigenvalue weighted by atomic mass is 10.00. The SMILES string of the molecule is CC1CCN(C(=O)Nc2cc(C(=O)O)c(F)cc2F)CC1. The van der Waals surface area contributed by atoms with E-state index < -0.39 is 29.2 Å². The number of rotatable bonds is 2. The second-order valence-corrected chi connectivity index (χ2v) is 5.22. The highest BCUT2D eigenvalue weighted by Gasteiger charge is 2.22. The normalized spacial score (nSPS) is 15.9. The van der Waals surface area contributed by atoms with Crippen molar-refractivity contribution in [2.75, 3.05) is 18.4 Å². The molecule has 1 aromatic carbocycles. The average molecular weight is 298 g/mol. The Morgan fingerprint density at radius 3 is 2.43 bits per heavy atom. The van der Waals surface area contributed by atoms with Crippen LogP contribution in [0.3, 0.4) is 0 Å². The molecule has 0 atom stereocenters. The van der Waals surface area contributed by atoms with Gasteiger partial charge in [0.15, 0.2) is 0 Å². The number of nitrogens with one attached hydrogen (secondary N) is 1. The lowest BCUT2D eigenvalue weighted by molar-refractivity contribution is 0.0691. The molecule has 21 heavy (non-hydrogen) atoms. The van der Waals surface area contributed by atoms with Gasteiger partial charge in [-0.1, -0.05) is 6.92 Å². The smallest absolute Gasteiger partial charge is 0.338 e. The highest BCUT2D eigenvalue weighted by molar-refractivity contribution is 5.93. The van der Waals surface area contributed by atoms with Crippen molar-refractivity contribution in [3.63, 3.8) is 0 Å². The van der Waals surface area contributed by atoms with Crippen molar-refractivity contribution in [2.24, 2.45) is 5.92 Å². The van der Waals surface area contributed by atoms with E-state index in [1.165, 1.54) is 4.90 Å². The molecule has 0 aliphatic carbocycles. The Morgan fingerprint density at radius 2 is 1.86 bits per heavy atom. The molecule has 0 unspecified atom stereocenters. The number of hydrogen-bond acceptors (Lipinski definition) is 2. The molecule has 2 rings (SSSR count). The minimum absolute atomic E-state index is 0.336. The molecule has 0 bridgehead atoms. The molecule has 1 heterocycles. The summed E-state index contributed by atoms with van der Waals surface area (Å²) in [6, 6.07) is 0.734. The van der Waals surface area contributed by atoms with Gasteiger partial charge in [-0.05, 0) is 24.8 Å². The number of anilines is 1. The van der Waals surface area contributed by atoms with Crippen LogP contribution in [0.15, 0.2) is 12.1 Å². The molecule has 1 aliphatic rings. The number of hydrogen-bond donors (Lipinski definition) is 2. The first-order valence-corrected chi connectivity index (χ1v) is 6.66. The fraction of sp³-hybridized carbons (Fsp3) is 0.429. The zero-order chi connectivity index (χ0) is 15.6. The topological polar surface area (TPSA) is 69.6 Å². The van der Waals surface area contributed by atoms with Gasteiger partial charge in [0, 0.05) is 19.2 Å². The number of carbonyl (C=O) groups is 2. The molecule has 5 nitrogen and oxygen atoms in total. The first-order valence-electron chi connectivity index (χ1n) is 6.66. The van der Waals surface area contributed by atoms with E-state index in [2.05, 4.69) is 12.2 Å². The van der Waals surface area contributed by atoms with Crippen LogP contribution in [-0.4, -0.2) is 35.1 Å². The minimum Gasteiger partial charge on any atom is -0.478 e. The van der Waals surface area contributed by atoms with Crippen LogP contribution in [0, 0.1) is 17.6 Å². The summed E-state index contributed by atoms with van der Waals surface area (Å²) < 4.78 is 26.9. The van der Waals surface area contributed by atoms with Crippen LogP contribution in [0.5, 0.6) is 0 Å². The first kappa shape index (κ1) is 15.2. The standard InChI is InChI=1S/C14H16F2N2O3/c1-8-2-4-18(5-3-8)14(21)17-12-6-9(13(19)20)10(15)7-11(12)16/h6-8H,2-5H2,1H3,(H,17,21)(H,19,20). The van der Waals surface area contributed by atoms with Gasteiger partial charge in [-0.15, -0.1) is 0 Å². The molecule has 1 aliphatic heterocycles. The molecule has 0 radical (unpaired) electrons. The van der Waals surface area contributed by atoms with E-state index in [-0.39, 0.29) is 5.69 Å². The van der Waals surface area contributed by atoms with E-state index in [4.69, 9.17) is 5.11 Å². The maximum absolute atomic E-state index is 13.6. The zero-order valence-corrected chi connectivity index (χ0v) is 11.5. The molecular formula is C14H16F2N2O3. The number of likely N-dealkylation sites (tertiary alicyclic amines) is 1. The van der Waals surface area contributed by atoms with Crippen LogP contribution < -0.4 is 5.32 Å². The fourth-order valence-electron chi connectivity index (χ4n) is 2.21. The van der Waals surface area contributed by atoms with Crippen LogP contribution in [0.1, 0.15) is 30.1 Å². The number of carboxylic acids is 1. The summed E-state index contributed by atoms with van der Waals surface area (Å²) in [7, 11) is 0. The van der Waals surface area contributed by atoms with E-state index in [1.54, 1.807) is 0 Å². The van der Waals surface area contributed by atoms with Crippen molar-refractivity contribution in [1.29, 1.82) is 0 Å². The van der Waals surface area contributed by atoms with Gasteiger partial charge in [0.05, 0.1) is 11.3 Å². The van der Waals surface area contributed by atoms with E-state index in [0.29, 0.717) is 25.1 Å². The summed E-state index contributed by atoms with van der Waals surface area (Å²) in [6.45, 7) is 3.21. The Hall–Kier alpha value is -2.18. The number of aromatic carboxylic acids is 1. The number of urea groups is 1. The third-order valence-electron chi connectivity index (χ3n) is 3.60. The Bertz CT molecular complexity index is 570. The minimum atomic E-state index is -1.52. The molecule has 0 aromatic heterocycles. The summed E-state index contributed by atoms with van der Waals surface area (Å²) in [5, 5.41) is 11.1. The van der Waals surface area contributed by atoms with Gasteiger partial charge in [0.25, 0.3) is 0 Å². The van der Waals surface area contributed by atoms with Crippen molar-refractivity contribution in [1.82, 2.24) is 4.90 Å². The monoisotopic (exact) mass is 298 g/mol. The van der Waals surface area contributed by atoms with E-state index in [9.17, 15) is 18.4 Å². The molecule has 1 saturated heterocycles. The van der Waals surface area contributed by atoms with Crippen molar-refractivity contribution >= 4 is 17.7 Å². The number of carboxylic acid groups (broad SMARTS) is 1. The Labute approximate surface area is 120 Å². The molecule has 0 saturated carbocycles. The summed E-state index contributed by atoms with van der Waals surface area (Å²) in [5.74, 6) is -3.16. The molecule has 0 spiro atoms. The van der Waals surface area contributed by atoms with Crippen molar-refractivity contribution in [3.8, 4) is 0 Å². The summed E-state index contributed by atoms with van der Waals surface area (Å²) in [4.78, 5) is 24.4. The maximum atomic E-state index is 13.6. The third kappa shape index (κ3) is 3.48. The quantitative estimate of drug-likeness (QED) is 0.882. The van der Waals surface area contributed by atoms with Gasteiger partial charge >= 0.3 is 12.0 Å². The van der Waals surface area contributed by atoms with E-state index in [0.717, 1.165) is 18.9 Å². The number of halogens is 2. The van der Waals surface area contributed by atoms with E-state index >= 15 is 0 Å². The largest absolute Gasteiger partial charge is 0.478 e. The molecule has 1 aromatic rings. The van der Waals surface area contributed by atoms with Crippen LogP contribution in [-0.2, 0) is 0 Å². The van der Waals surface area contributed by atoms with Gasteiger partial charge < -0.3 is 15.3 Å². The van der Waals surface area contributed by atoms with Gasteiger partial charge in [-0.2, -0.15) is 0 Å². The number of amides is 2. The fourth-order valence-corrected chi connectivity index (χ4v) is 2.21. The Morgan fingerprint density at radius 1 is 1.24 bits per heavy atom. The van der Waals surface area contributed by atoms with Crippen molar-refractivity contribution in [2.45, 2.75) is 19.8 Å².